The molecule has 1 fully saturated rings. The smallest absolute Gasteiger partial charge is 0.251 e. The summed E-state index contributed by atoms with van der Waals surface area (Å²) in [6, 6.07) is 8.75. The summed E-state index contributed by atoms with van der Waals surface area (Å²) < 4.78 is 0. The maximum absolute atomic E-state index is 12.2. The molecule has 0 heterocycles. The molecule has 3 nitrogen and oxygen atoms in total. The van der Waals surface area contributed by atoms with Crippen molar-refractivity contribution in [3.05, 3.63) is 35.4 Å². The Morgan fingerprint density at radius 1 is 1.10 bits per heavy atom. The first-order valence-electron chi connectivity index (χ1n) is 7.80. The van der Waals surface area contributed by atoms with E-state index in [1.165, 1.54) is 24.8 Å². The number of hydrogen-bond acceptors (Lipinski definition) is 2. The molecule has 2 N–H and O–H groups in total. The summed E-state index contributed by atoms with van der Waals surface area (Å²) in [5, 5.41) is 6.73. The molecule has 3 heteroatoms. The lowest BCUT2D eigenvalue weighted by molar-refractivity contribution is 0.0924. The number of rotatable bonds is 5. The van der Waals surface area contributed by atoms with Crippen LogP contribution in [0.4, 0.5) is 0 Å². The van der Waals surface area contributed by atoms with E-state index in [0.717, 1.165) is 24.9 Å². The second-order valence-corrected chi connectivity index (χ2v) is 5.84. The number of carbonyl (C=O) groups excluding carboxylic acids is 1. The van der Waals surface area contributed by atoms with Crippen LogP contribution in [-0.4, -0.2) is 24.5 Å². The van der Waals surface area contributed by atoms with Crippen LogP contribution in [0.25, 0.3) is 0 Å². The summed E-state index contributed by atoms with van der Waals surface area (Å²) in [7, 11) is 0. The number of benzene rings is 1. The fourth-order valence-corrected chi connectivity index (χ4v) is 2.76. The maximum atomic E-state index is 12.2. The molecule has 1 saturated carbocycles. The van der Waals surface area contributed by atoms with Gasteiger partial charge >= 0.3 is 0 Å². The molecule has 0 bridgehead atoms. The van der Waals surface area contributed by atoms with Crippen molar-refractivity contribution in [3.8, 4) is 0 Å². The molecule has 20 heavy (non-hydrogen) atoms. The Bertz CT molecular complexity index is 419. The van der Waals surface area contributed by atoms with Gasteiger partial charge in [-0.3, -0.25) is 4.79 Å². The second-order valence-electron chi connectivity index (χ2n) is 5.84. The van der Waals surface area contributed by atoms with Crippen molar-refractivity contribution < 1.29 is 4.79 Å². The van der Waals surface area contributed by atoms with Crippen molar-refractivity contribution in [1.82, 2.24) is 10.6 Å². The van der Waals surface area contributed by atoms with Crippen LogP contribution in [0.2, 0.25) is 0 Å². The molecular formula is C17H26N2O. The summed E-state index contributed by atoms with van der Waals surface area (Å²) in [4.78, 5) is 12.2. The standard InChI is InChI=1S/C17H26N2O/c1-3-12-18-15-8-10-16(11-9-15)19-17(20)14-6-4-13(2)5-7-14/h4-7,15-16,18H,3,8-12H2,1-2H3,(H,19,20). The number of nitrogens with one attached hydrogen (secondary N) is 2. The summed E-state index contributed by atoms with van der Waals surface area (Å²) >= 11 is 0. The minimum atomic E-state index is 0.0648. The van der Waals surface area contributed by atoms with E-state index in [1.54, 1.807) is 0 Å². The molecule has 1 aliphatic carbocycles. The van der Waals surface area contributed by atoms with Crippen molar-refractivity contribution in [1.29, 1.82) is 0 Å². The molecule has 0 aromatic heterocycles. The highest BCUT2D eigenvalue weighted by Gasteiger charge is 2.22. The Balaban J connectivity index is 1.77. The van der Waals surface area contributed by atoms with Gasteiger partial charge in [0.2, 0.25) is 0 Å². The number of carbonyl (C=O) groups is 1. The van der Waals surface area contributed by atoms with Gasteiger partial charge in [0.25, 0.3) is 5.91 Å². The van der Waals surface area contributed by atoms with Gasteiger partial charge in [0.15, 0.2) is 0 Å². The summed E-state index contributed by atoms with van der Waals surface area (Å²) in [5.74, 6) is 0.0648. The van der Waals surface area contributed by atoms with Gasteiger partial charge in [0.05, 0.1) is 0 Å². The second kappa shape index (κ2) is 7.44. The predicted molar refractivity (Wildman–Crippen MR) is 83.0 cm³/mol. The van der Waals surface area contributed by atoms with Crippen LogP contribution in [0.3, 0.4) is 0 Å². The van der Waals surface area contributed by atoms with E-state index >= 15 is 0 Å². The van der Waals surface area contributed by atoms with Crippen molar-refractivity contribution in [2.45, 2.75) is 58.0 Å². The average molecular weight is 274 g/mol. The van der Waals surface area contributed by atoms with Crippen LogP contribution >= 0.6 is 0 Å². The first-order valence-corrected chi connectivity index (χ1v) is 7.80. The van der Waals surface area contributed by atoms with Gasteiger partial charge in [0, 0.05) is 17.6 Å². The molecule has 2 rings (SSSR count). The molecule has 1 aliphatic rings. The highest BCUT2D eigenvalue weighted by atomic mass is 16.1. The van der Waals surface area contributed by atoms with E-state index in [2.05, 4.69) is 17.6 Å². The van der Waals surface area contributed by atoms with E-state index < -0.39 is 0 Å². The van der Waals surface area contributed by atoms with Gasteiger partial charge in [-0.05, 0) is 57.7 Å². The van der Waals surface area contributed by atoms with Gasteiger partial charge in [-0.15, -0.1) is 0 Å². The molecule has 0 unspecified atom stereocenters. The minimum absolute atomic E-state index is 0.0648. The first-order chi connectivity index (χ1) is 9.69. The zero-order chi connectivity index (χ0) is 14.4. The molecule has 1 aromatic rings. The fourth-order valence-electron chi connectivity index (χ4n) is 2.76. The Morgan fingerprint density at radius 2 is 1.70 bits per heavy atom. The fraction of sp³-hybridized carbons (Fsp3) is 0.588. The van der Waals surface area contributed by atoms with E-state index in [0.29, 0.717) is 12.1 Å². The Kier molecular flexibility index (Phi) is 5.60. The van der Waals surface area contributed by atoms with Crippen LogP contribution in [0.15, 0.2) is 24.3 Å². The van der Waals surface area contributed by atoms with Crippen LogP contribution in [0.1, 0.15) is 54.9 Å². The first kappa shape index (κ1) is 15.0. The van der Waals surface area contributed by atoms with Crippen LogP contribution in [0.5, 0.6) is 0 Å². The van der Waals surface area contributed by atoms with Crippen LogP contribution < -0.4 is 10.6 Å². The Morgan fingerprint density at radius 3 is 2.30 bits per heavy atom. The molecular weight excluding hydrogens is 248 g/mol. The van der Waals surface area contributed by atoms with Gasteiger partial charge in [-0.1, -0.05) is 24.6 Å². The van der Waals surface area contributed by atoms with Gasteiger partial charge in [0.1, 0.15) is 0 Å². The monoisotopic (exact) mass is 274 g/mol. The number of amides is 1. The summed E-state index contributed by atoms with van der Waals surface area (Å²) in [6.45, 7) is 5.33. The molecule has 0 aliphatic heterocycles. The average Bonchev–Trinajstić information content (AvgIpc) is 2.47. The maximum Gasteiger partial charge on any atom is 0.251 e. The topological polar surface area (TPSA) is 41.1 Å². The molecule has 0 atom stereocenters. The minimum Gasteiger partial charge on any atom is -0.349 e. The van der Waals surface area contributed by atoms with E-state index in [-0.39, 0.29) is 5.91 Å². The van der Waals surface area contributed by atoms with E-state index in [4.69, 9.17) is 0 Å². The highest BCUT2D eigenvalue weighted by molar-refractivity contribution is 5.94. The quantitative estimate of drug-likeness (QED) is 0.866. The molecule has 1 amide bonds. The predicted octanol–water partition coefficient (Wildman–Crippen LogP) is 3.04. The molecule has 1 aromatic carbocycles. The largest absolute Gasteiger partial charge is 0.349 e. The molecule has 0 saturated heterocycles. The van der Waals surface area contributed by atoms with Crippen molar-refractivity contribution in [3.63, 3.8) is 0 Å². The lowest BCUT2D eigenvalue weighted by atomic mass is 9.91. The van der Waals surface area contributed by atoms with Crippen molar-refractivity contribution in [2.75, 3.05) is 6.54 Å². The van der Waals surface area contributed by atoms with Gasteiger partial charge < -0.3 is 10.6 Å². The Labute approximate surface area is 122 Å². The molecule has 110 valence electrons. The summed E-state index contributed by atoms with van der Waals surface area (Å²) in [5.41, 5.74) is 1.95. The molecule has 0 radical (unpaired) electrons. The van der Waals surface area contributed by atoms with Gasteiger partial charge in [-0.25, -0.2) is 0 Å². The van der Waals surface area contributed by atoms with Crippen molar-refractivity contribution in [2.24, 2.45) is 0 Å². The zero-order valence-electron chi connectivity index (χ0n) is 12.6. The van der Waals surface area contributed by atoms with Crippen molar-refractivity contribution >= 4 is 5.91 Å². The van der Waals surface area contributed by atoms with Crippen LogP contribution in [0, 0.1) is 6.92 Å². The lowest BCUT2D eigenvalue weighted by Crippen LogP contribution is -2.42. The third-order valence-corrected chi connectivity index (χ3v) is 4.06. The van der Waals surface area contributed by atoms with E-state index in [1.807, 2.05) is 31.2 Å². The molecule has 0 spiro atoms. The number of aryl methyl sites for hydroxylation is 1. The normalized spacial score (nSPS) is 22.5. The van der Waals surface area contributed by atoms with Gasteiger partial charge in [-0.2, -0.15) is 0 Å². The lowest BCUT2D eigenvalue weighted by Gasteiger charge is -2.29. The third kappa shape index (κ3) is 4.34. The zero-order valence-corrected chi connectivity index (χ0v) is 12.6. The summed E-state index contributed by atoms with van der Waals surface area (Å²) in [6.07, 6.45) is 5.68. The highest BCUT2D eigenvalue weighted by Crippen LogP contribution is 2.19. The van der Waals surface area contributed by atoms with Crippen LogP contribution in [-0.2, 0) is 0 Å². The number of hydrogen-bond donors (Lipinski definition) is 2. The SMILES string of the molecule is CCCNC1CCC(NC(=O)c2ccc(C)cc2)CC1. The van der Waals surface area contributed by atoms with E-state index in [9.17, 15) is 4.79 Å². The Hall–Kier alpha value is -1.35. The third-order valence-electron chi connectivity index (χ3n) is 4.06.